The van der Waals surface area contributed by atoms with E-state index < -0.39 is 11.9 Å². The third-order valence-corrected chi connectivity index (χ3v) is 3.29. The molecule has 2 rings (SSSR count). The molecule has 0 aromatic heterocycles. The monoisotopic (exact) mass is 282 g/mol. The number of nitrogen functional groups attached to an aromatic ring is 1. The number of aryl methyl sites for hydroxylation is 1. The van der Waals surface area contributed by atoms with Gasteiger partial charge in [-0.3, -0.25) is 4.79 Å². The highest BCUT2D eigenvalue weighted by molar-refractivity contribution is 5.81. The number of amides is 1. The summed E-state index contributed by atoms with van der Waals surface area (Å²) in [6.07, 6.45) is -0.745. The minimum atomic E-state index is -0.745. The highest BCUT2D eigenvalue weighted by Gasteiger charge is 2.24. The van der Waals surface area contributed by atoms with Crippen LogP contribution in [0.2, 0.25) is 0 Å². The first kappa shape index (κ1) is 14.6. The lowest BCUT2D eigenvalue weighted by Gasteiger charge is -2.29. The van der Waals surface area contributed by atoms with Gasteiger partial charge in [0.05, 0.1) is 13.2 Å². The second kappa shape index (κ2) is 6.09. The number of hydrogen-bond donors (Lipinski definition) is 1. The van der Waals surface area contributed by atoms with Crippen LogP contribution in [0.3, 0.4) is 0 Å². The molecule has 0 radical (unpaired) electrons. The van der Waals surface area contributed by atoms with Crippen molar-refractivity contribution in [2.45, 2.75) is 20.0 Å². The van der Waals surface area contributed by atoms with E-state index >= 15 is 0 Å². The summed E-state index contributed by atoms with van der Waals surface area (Å²) in [5.74, 6) is -0.678. The molecule has 0 bridgehead atoms. The maximum atomic E-state index is 13.7. The van der Waals surface area contributed by atoms with Gasteiger partial charge < -0.3 is 20.1 Å². The van der Waals surface area contributed by atoms with Crippen LogP contribution < -0.4 is 10.5 Å². The van der Waals surface area contributed by atoms with Crippen LogP contribution in [-0.2, 0) is 9.53 Å². The minimum absolute atomic E-state index is 0.0470. The van der Waals surface area contributed by atoms with E-state index in [2.05, 4.69) is 0 Å². The SMILES string of the molecule is Cc1cc(OC(C)C(=O)N2CCOCC2)c(F)cc1N. The lowest BCUT2D eigenvalue weighted by atomic mass is 10.2. The molecule has 1 aliphatic rings. The van der Waals surface area contributed by atoms with E-state index in [4.69, 9.17) is 15.2 Å². The summed E-state index contributed by atoms with van der Waals surface area (Å²) in [6.45, 7) is 5.49. The number of hydrogen-bond acceptors (Lipinski definition) is 4. The van der Waals surface area contributed by atoms with Gasteiger partial charge in [0.25, 0.3) is 5.91 Å². The fraction of sp³-hybridized carbons (Fsp3) is 0.500. The molecule has 5 nitrogen and oxygen atoms in total. The Hall–Kier alpha value is -1.82. The number of nitrogens with zero attached hydrogens (tertiary/aromatic N) is 1. The van der Waals surface area contributed by atoms with Gasteiger partial charge in [-0.05, 0) is 25.5 Å². The second-order valence-electron chi connectivity index (χ2n) is 4.84. The van der Waals surface area contributed by atoms with Crippen molar-refractivity contribution in [1.29, 1.82) is 0 Å². The number of rotatable bonds is 3. The Morgan fingerprint density at radius 2 is 2.10 bits per heavy atom. The van der Waals surface area contributed by atoms with Crippen molar-refractivity contribution in [3.63, 3.8) is 0 Å². The largest absolute Gasteiger partial charge is 0.478 e. The molecule has 2 N–H and O–H groups in total. The molecular formula is C14H19FN2O3. The third-order valence-electron chi connectivity index (χ3n) is 3.29. The van der Waals surface area contributed by atoms with E-state index in [1.165, 1.54) is 12.1 Å². The fourth-order valence-corrected chi connectivity index (χ4v) is 2.04. The van der Waals surface area contributed by atoms with Crippen molar-refractivity contribution < 1.29 is 18.7 Å². The van der Waals surface area contributed by atoms with Crippen LogP contribution in [0.1, 0.15) is 12.5 Å². The van der Waals surface area contributed by atoms with Gasteiger partial charge in [-0.25, -0.2) is 4.39 Å². The Morgan fingerprint density at radius 3 is 2.75 bits per heavy atom. The quantitative estimate of drug-likeness (QED) is 0.850. The van der Waals surface area contributed by atoms with Crippen LogP contribution >= 0.6 is 0 Å². The summed E-state index contributed by atoms with van der Waals surface area (Å²) in [5.41, 5.74) is 6.69. The smallest absolute Gasteiger partial charge is 0.263 e. The van der Waals surface area contributed by atoms with E-state index in [1.54, 1.807) is 18.7 Å². The van der Waals surface area contributed by atoms with Gasteiger partial charge in [-0.2, -0.15) is 0 Å². The Morgan fingerprint density at radius 1 is 1.45 bits per heavy atom. The number of halogens is 1. The van der Waals surface area contributed by atoms with Crippen molar-refractivity contribution in [1.82, 2.24) is 4.90 Å². The topological polar surface area (TPSA) is 64.8 Å². The van der Waals surface area contributed by atoms with Crippen LogP contribution in [0.4, 0.5) is 10.1 Å². The lowest BCUT2D eigenvalue weighted by molar-refractivity contribution is -0.142. The zero-order valence-electron chi connectivity index (χ0n) is 11.7. The maximum absolute atomic E-state index is 13.7. The van der Waals surface area contributed by atoms with Gasteiger partial charge in [-0.15, -0.1) is 0 Å². The molecule has 1 aromatic carbocycles. The highest BCUT2D eigenvalue weighted by atomic mass is 19.1. The predicted molar refractivity (Wildman–Crippen MR) is 73.0 cm³/mol. The first-order chi connectivity index (χ1) is 9.49. The molecule has 20 heavy (non-hydrogen) atoms. The Bertz CT molecular complexity index is 501. The van der Waals surface area contributed by atoms with Gasteiger partial charge in [0.15, 0.2) is 17.7 Å². The first-order valence-corrected chi connectivity index (χ1v) is 6.58. The molecule has 0 aliphatic carbocycles. The van der Waals surface area contributed by atoms with Crippen molar-refractivity contribution in [3.8, 4) is 5.75 Å². The number of benzene rings is 1. The van der Waals surface area contributed by atoms with Gasteiger partial charge >= 0.3 is 0 Å². The zero-order valence-corrected chi connectivity index (χ0v) is 11.7. The number of carbonyl (C=O) groups excluding carboxylic acids is 1. The molecule has 1 unspecified atom stereocenters. The number of carbonyl (C=O) groups is 1. The fourth-order valence-electron chi connectivity index (χ4n) is 2.04. The van der Waals surface area contributed by atoms with E-state index in [-0.39, 0.29) is 11.7 Å². The number of nitrogens with two attached hydrogens (primary N) is 1. The van der Waals surface area contributed by atoms with Crippen LogP contribution in [0.15, 0.2) is 12.1 Å². The molecule has 1 heterocycles. The number of ether oxygens (including phenoxy) is 2. The van der Waals surface area contributed by atoms with Crippen molar-refractivity contribution >= 4 is 11.6 Å². The summed E-state index contributed by atoms with van der Waals surface area (Å²) >= 11 is 0. The van der Waals surface area contributed by atoms with E-state index in [9.17, 15) is 9.18 Å². The average Bonchev–Trinajstić information content (AvgIpc) is 2.44. The molecule has 1 aromatic rings. The molecule has 0 saturated carbocycles. The van der Waals surface area contributed by atoms with Gasteiger partial charge in [0.1, 0.15) is 0 Å². The molecule has 1 aliphatic heterocycles. The van der Waals surface area contributed by atoms with Gasteiger partial charge in [0, 0.05) is 24.8 Å². The standard InChI is InChI=1S/C14H19FN2O3/c1-9-7-13(11(15)8-12(9)16)20-10(2)14(18)17-3-5-19-6-4-17/h7-8,10H,3-6,16H2,1-2H3. The normalized spacial score (nSPS) is 16.9. The summed E-state index contributed by atoms with van der Waals surface area (Å²) in [4.78, 5) is 13.8. The van der Waals surface area contributed by atoms with Crippen LogP contribution in [-0.4, -0.2) is 43.2 Å². The molecule has 1 fully saturated rings. The lowest BCUT2D eigenvalue weighted by Crippen LogP contribution is -2.46. The molecule has 1 amide bonds. The first-order valence-electron chi connectivity index (χ1n) is 6.58. The van der Waals surface area contributed by atoms with Crippen LogP contribution in [0.5, 0.6) is 5.75 Å². The molecule has 0 spiro atoms. The molecular weight excluding hydrogens is 263 g/mol. The van der Waals surface area contributed by atoms with Crippen molar-refractivity contribution in [2.75, 3.05) is 32.0 Å². The summed E-state index contributed by atoms with van der Waals surface area (Å²) in [7, 11) is 0. The van der Waals surface area contributed by atoms with Gasteiger partial charge in [-0.1, -0.05) is 0 Å². The van der Waals surface area contributed by atoms with Crippen LogP contribution in [0.25, 0.3) is 0 Å². The Labute approximate surface area is 117 Å². The van der Waals surface area contributed by atoms with Crippen LogP contribution in [0, 0.1) is 12.7 Å². The zero-order chi connectivity index (χ0) is 14.7. The summed E-state index contributed by atoms with van der Waals surface area (Å²) in [6, 6.07) is 2.71. The van der Waals surface area contributed by atoms with Crippen molar-refractivity contribution in [3.05, 3.63) is 23.5 Å². The highest BCUT2D eigenvalue weighted by Crippen LogP contribution is 2.24. The van der Waals surface area contributed by atoms with Gasteiger partial charge in [0.2, 0.25) is 0 Å². The van der Waals surface area contributed by atoms with E-state index in [0.29, 0.717) is 37.6 Å². The minimum Gasteiger partial charge on any atom is -0.478 e. The molecule has 110 valence electrons. The van der Waals surface area contributed by atoms with E-state index in [1.807, 2.05) is 0 Å². The number of anilines is 1. The molecule has 6 heteroatoms. The second-order valence-corrected chi connectivity index (χ2v) is 4.84. The molecule has 1 saturated heterocycles. The predicted octanol–water partition coefficient (Wildman–Crippen LogP) is 1.34. The summed E-state index contributed by atoms with van der Waals surface area (Å²) < 4.78 is 24.4. The maximum Gasteiger partial charge on any atom is 0.263 e. The number of morpholine rings is 1. The van der Waals surface area contributed by atoms with Crippen molar-refractivity contribution in [2.24, 2.45) is 0 Å². The summed E-state index contributed by atoms with van der Waals surface area (Å²) in [5, 5.41) is 0. The molecule has 1 atom stereocenters. The Balaban J connectivity index is 2.05. The van der Waals surface area contributed by atoms with E-state index in [0.717, 1.165) is 0 Å². The Kier molecular flexibility index (Phi) is 4.44. The average molecular weight is 282 g/mol. The third kappa shape index (κ3) is 3.19.